The third-order valence-electron chi connectivity index (χ3n) is 3.87. The Morgan fingerprint density at radius 2 is 1.65 bits per heavy atom. The summed E-state index contributed by atoms with van der Waals surface area (Å²) < 4.78 is 40.3. The monoisotopic (exact) mass is 364 g/mol. The normalized spacial score (nSPS) is 17.5. The van der Waals surface area contributed by atoms with E-state index in [4.69, 9.17) is 0 Å². The molecule has 0 aromatic heterocycles. The molecule has 0 radical (unpaired) electrons. The average molecular weight is 364 g/mol. The molecule has 2 aromatic carbocycles. The van der Waals surface area contributed by atoms with Crippen molar-refractivity contribution in [2.75, 3.05) is 10.2 Å². The van der Waals surface area contributed by atoms with Crippen LogP contribution in [0.1, 0.15) is 12.0 Å². The molecule has 1 aliphatic rings. The molecule has 2 aromatic rings. The largest absolute Gasteiger partial charge is 0.573 e. The molecule has 26 heavy (non-hydrogen) atoms. The van der Waals surface area contributed by atoms with E-state index >= 15 is 0 Å². The highest BCUT2D eigenvalue weighted by atomic mass is 19.4. The van der Waals surface area contributed by atoms with Crippen LogP contribution in [0.3, 0.4) is 0 Å². The van der Waals surface area contributed by atoms with E-state index in [9.17, 15) is 22.8 Å². The topological polar surface area (TPSA) is 58.6 Å². The van der Waals surface area contributed by atoms with Crippen LogP contribution >= 0.6 is 0 Å². The van der Waals surface area contributed by atoms with E-state index in [1.165, 1.54) is 12.1 Å². The Morgan fingerprint density at radius 1 is 1.04 bits per heavy atom. The second kappa shape index (κ2) is 6.70. The number of hydrogen-bond donors (Lipinski definition) is 1. The summed E-state index contributed by atoms with van der Waals surface area (Å²) in [5.74, 6) is -1.11. The molecule has 0 saturated carbocycles. The summed E-state index contributed by atoms with van der Waals surface area (Å²) in [6, 6.07) is 11.2. The second-order valence-corrected chi connectivity index (χ2v) is 5.88. The van der Waals surface area contributed by atoms with Crippen molar-refractivity contribution in [1.82, 2.24) is 0 Å². The third kappa shape index (κ3) is 3.96. The van der Waals surface area contributed by atoms with E-state index < -0.39 is 18.3 Å². The first-order valence-electron chi connectivity index (χ1n) is 7.79. The highest BCUT2D eigenvalue weighted by Crippen LogP contribution is 2.27. The molecule has 0 spiro atoms. The fourth-order valence-corrected chi connectivity index (χ4v) is 2.66. The summed E-state index contributed by atoms with van der Waals surface area (Å²) in [6.07, 6.45) is -4.80. The highest BCUT2D eigenvalue weighted by molar-refractivity contribution is 6.23. The number of halogens is 3. The molecule has 1 fully saturated rings. The number of carbonyl (C=O) groups is 2. The van der Waals surface area contributed by atoms with Crippen molar-refractivity contribution in [3.8, 4) is 5.75 Å². The van der Waals surface area contributed by atoms with Gasteiger partial charge in [-0.25, -0.2) is 4.90 Å². The summed E-state index contributed by atoms with van der Waals surface area (Å²) in [7, 11) is 0. The summed E-state index contributed by atoms with van der Waals surface area (Å²) in [5, 5.41) is 2.87. The molecule has 5 nitrogen and oxygen atoms in total. The quantitative estimate of drug-likeness (QED) is 0.842. The molecular weight excluding hydrogens is 349 g/mol. The number of benzene rings is 2. The summed E-state index contributed by atoms with van der Waals surface area (Å²) in [4.78, 5) is 25.8. The Balaban J connectivity index is 1.70. The van der Waals surface area contributed by atoms with Gasteiger partial charge in [-0.15, -0.1) is 13.2 Å². The average Bonchev–Trinajstić information content (AvgIpc) is 2.83. The van der Waals surface area contributed by atoms with Crippen LogP contribution in [-0.4, -0.2) is 24.2 Å². The smallest absolute Gasteiger partial charge is 0.406 e. The molecule has 0 bridgehead atoms. The number of amides is 2. The van der Waals surface area contributed by atoms with Crippen molar-refractivity contribution in [2.45, 2.75) is 25.7 Å². The summed E-state index contributed by atoms with van der Waals surface area (Å²) in [6.45, 7) is 1.90. The number of aryl methyl sites for hydroxylation is 1. The van der Waals surface area contributed by atoms with Crippen LogP contribution < -0.4 is 15.0 Å². The lowest BCUT2D eigenvalue weighted by molar-refractivity contribution is -0.274. The SMILES string of the molecule is Cc1ccc(N2C(=O)CC(Nc3ccc(OC(F)(F)F)cc3)C2=O)cc1. The van der Waals surface area contributed by atoms with Crippen molar-refractivity contribution in [3.05, 3.63) is 54.1 Å². The van der Waals surface area contributed by atoms with Gasteiger partial charge in [-0.05, 0) is 43.3 Å². The van der Waals surface area contributed by atoms with Gasteiger partial charge in [0.25, 0.3) is 5.91 Å². The molecule has 1 aliphatic heterocycles. The molecular formula is C18H15F3N2O3. The van der Waals surface area contributed by atoms with Crippen molar-refractivity contribution < 1.29 is 27.5 Å². The minimum absolute atomic E-state index is 0.0342. The fraction of sp³-hybridized carbons (Fsp3) is 0.222. The number of ether oxygens (including phenoxy) is 1. The molecule has 1 atom stereocenters. The number of hydrogen-bond acceptors (Lipinski definition) is 4. The Hall–Kier alpha value is -3.03. The highest BCUT2D eigenvalue weighted by Gasteiger charge is 2.39. The number of alkyl halides is 3. The van der Waals surface area contributed by atoms with E-state index in [2.05, 4.69) is 10.1 Å². The number of anilines is 2. The number of nitrogens with one attached hydrogen (secondary N) is 1. The maximum absolute atomic E-state index is 12.5. The van der Waals surface area contributed by atoms with E-state index in [0.717, 1.165) is 22.6 Å². The molecule has 1 unspecified atom stereocenters. The van der Waals surface area contributed by atoms with E-state index in [0.29, 0.717) is 11.4 Å². The van der Waals surface area contributed by atoms with Crippen molar-refractivity contribution in [1.29, 1.82) is 0 Å². The lowest BCUT2D eigenvalue weighted by Crippen LogP contribution is -2.34. The van der Waals surface area contributed by atoms with Crippen LogP contribution in [0.25, 0.3) is 0 Å². The van der Waals surface area contributed by atoms with Gasteiger partial charge >= 0.3 is 6.36 Å². The van der Waals surface area contributed by atoms with Crippen LogP contribution in [0.2, 0.25) is 0 Å². The lowest BCUT2D eigenvalue weighted by atomic mass is 10.2. The van der Waals surface area contributed by atoms with Gasteiger partial charge in [0.05, 0.1) is 12.1 Å². The molecule has 1 N–H and O–H groups in total. The Kier molecular flexibility index (Phi) is 4.58. The van der Waals surface area contributed by atoms with Crippen molar-refractivity contribution in [3.63, 3.8) is 0 Å². The first-order valence-corrected chi connectivity index (χ1v) is 7.79. The first-order chi connectivity index (χ1) is 12.2. The van der Waals surface area contributed by atoms with Gasteiger partial charge in [-0.3, -0.25) is 9.59 Å². The van der Waals surface area contributed by atoms with Crippen LogP contribution in [0, 0.1) is 6.92 Å². The summed E-state index contributed by atoms with van der Waals surface area (Å²) in [5.41, 5.74) is 1.91. The number of nitrogens with zero attached hydrogens (tertiary/aromatic N) is 1. The maximum Gasteiger partial charge on any atom is 0.573 e. The van der Waals surface area contributed by atoms with Crippen LogP contribution in [0.5, 0.6) is 5.75 Å². The number of imide groups is 1. The van der Waals surface area contributed by atoms with Gasteiger partial charge in [0.1, 0.15) is 11.8 Å². The number of rotatable bonds is 4. The van der Waals surface area contributed by atoms with Crippen LogP contribution in [0.4, 0.5) is 24.5 Å². The molecule has 1 heterocycles. The minimum Gasteiger partial charge on any atom is -0.406 e. The minimum atomic E-state index is -4.77. The van der Waals surface area contributed by atoms with E-state index in [1.807, 2.05) is 6.92 Å². The van der Waals surface area contributed by atoms with Gasteiger partial charge in [0, 0.05) is 5.69 Å². The van der Waals surface area contributed by atoms with Crippen molar-refractivity contribution >= 4 is 23.2 Å². The van der Waals surface area contributed by atoms with Gasteiger partial charge in [-0.2, -0.15) is 0 Å². The summed E-state index contributed by atoms with van der Waals surface area (Å²) >= 11 is 0. The molecule has 2 amide bonds. The molecule has 136 valence electrons. The zero-order valence-electron chi connectivity index (χ0n) is 13.7. The zero-order valence-corrected chi connectivity index (χ0v) is 13.7. The molecule has 3 rings (SSSR count). The van der Waals surface area contributed by atoms with Gasteiger partial charge < -0.3 is 10.1 Å². The van der Waals surface area contributed by atoms with E-state index in [1.54, 1.807) is 24.3 Å². The lowest BCUT2D eigenvalue weighted by Gasteiger charge is -2.16. The van der Waals surface area contributed by atoms with Gasteiger partial charge in [0.15, 0.2) is 0 Å². The predicted molar refractivity (Wildman–Crippen MR) is 88.8 cm³/mol. The third-order valence-corrected chi connectivity index (χ3v) is 3.87. The molecule has 1 saturated heterocycles. The molecule has 0 aliphatic carbocycles. The zero-order chi connectivity index (χ0) is 18.9. The number of carbonyl (C=O) groups excluding carboxylic acids is 2. The Morgan fingerprint density at radius 3 is 2.23 bits per heavy atom. The second-order valence-electron chi connectivity index (χ2n) is 5.88. The maximum atomic E-state index is 12.5. The first kappa shape index (κ1) is 17.8. The van der Waals surface area contributed by atoms with Gasteiger partial charge in [0.2, 0.25) is 5.91 Å². The standard InChI is InChI=1S/C18H15F3N2O3/c1-11-2-6-13(7-3-11)23-16(24)10-15(17(23)25)22-12-4-8-14(9-5-12)26-18(19,20)21/h2-9,15,22H,10H2,1H3. The van der Waals surface area contributed by atoms with Crippen LogP contribution in [-0.2, 0) is 9.59 Å². The van der Waals surface area contributed by atoms with Crippen LogP contribution in [0.15, 0.2) is 48.5 Å². The van der Waals surface area contributed by atoms with E-state index in [-0.39, 0.29) is 18.1 Å². The predicted octanol–water partition coefficient (Wildman–Crippen LogP) is 3.64. The Labute approximate surface area is 147 Å². The van der Waals surface area contributed by atoms with Crippen molar-refractivity contribution in [2.24, 2.45) is 0 Å². The molecule has 8 heteroatoms. The Bertz CT molecular complexity index is 817. The van der Waals surface area contributed by atoms with Gasteiger partial charge in [-0.1, -0.05) is 17.7 Å². The fourth-order valence-electron chi connectivity index (χ4n) is 2.66.